The van der Waals surface area contributed by atoms with Crippen molar-refractivity contribution in [3.8, 4) is 0 Å². The van der Waals surface area contributed by atoms with Gasteiger partial charge in [-0.15, -0.1) is 0 Å². The third-order valence-electron chi connectivity index (χ3n) is 4.09. The van der Waals surface area contributed by atoms with Gasteiger partial charge in [0.1, 0.15) is 0 Å². The van der Waals surface area contributed by atoms with Crippen LogP contribution in [0.15, 0.2) is 18.2 Å². The maximum absolute atomic E-state index is 6.15. The van der Waals surface area contributed by atoms with E-state index in [2.05, 4.69) is 24.9 Å². The highest BCUT2D eigenvalue weighted by molar-refractivity contribution is 6.30. The van der Waals surface area contributed by atoms with Crippen LogP contribution in [-0.4, -0.2) is 32.8 Å². The number of ether oxygens (including phenoxy) is 1. The number of benzene rings is 1. The first-order valence-electron chi connectivity index (χ1n) is 7.93. The molecule has 1 atom stereocenters. The van der Waals surface area contributed by atoms with Crippen LogP contribution in [0.1, 0.15) is 31.7 Å². The number of halogens is 1. The molecule has 4 heteroatoms. The molecular formula is C17H27ClN2O. The van der Waals surface area contributed by atoms with Gasteiger partial charge in [-0.2, -0.15) is 0 Å². The molecule has 0 aliphatic heterocycles. The second-order valence-electron chi connectivity index (χ2n) is 6.09. The molecule has 1 unspecified atom stereocenters. The van der Waals surface area contributed by atoms with Gasteiger partial charge in [0.15, 0.2) is 0 Å². The Labute approximate surface area is 133 Å². The van der Waals surface area contributed by atoms with E-state index in [-0.39, 0.29) is 6.04 Å². The Morgan fingerprint density at radius 1 is 1.43 bits per heavy atom. The monoisotopic (exact) mass is 310 g/mol. The molecule has 0 aromatic heterocycles. The van der Waals surface area contributed by atoms with E-state index in [9.17, 15) is 0 Å². The molecule has 0 radical (unpaired) electrons. The third kappa shape index (κ3) is 5.50. The lowest BCUT2D eigenvalue weighted by atomic mass is 10.0. The molecule has 3 nitrogen and oxygen atoms in total. The predicted octanol–water partition coefficient (Wildman–Crippen LogP) is 3.48. The molecule has 1 aliphatic carbocycles. The van der Waals surface area contributed by atoms with Crippen molar-refractivity contribution >= 4 is 17.3 Å². The second-order valence-corrected chi connectivity index (χ2v) is 6.52. The molecule has 0 spiro atoms. The van der Waals surface area contributed by atoms with Crippen LogP contribution in [0.25, 0.3) is 0 Å². The number of hydrogen-bond acceptors (Lipinski definition) is 3. The quantitative estimate of drug-likeness (QED) is 0.710. The summed E-state index contributed by atoms with van der Waals surface area (Å²) in [4.78, 5) is 2.22. The Hall–Kier alpha value is -0.770. The van der Waals surface area contributed by atoms with Gasteiger partial charge in [-0.25, -0.2) is 0 Å². The van der Waals surface area contributed by atoms with Crippen molar-refractivity contribution in [2.24, 2.45) is 11.7 Å². The average Bonchev–Trinajstić information content (AvgIpc) is 3.29. The van der Waals surface area contributed by atoms with Crippen LogP contribution in [0.3, 0.4) is 0 Å². The maximum atomic E-state index is 6.15. The van der Waals surface area contributed by atoms with Gasteiger partial charge in [0.2, 0.25) is 0 Å². The maximum Gasteiger partial charge on any atom is 0.0641 e. The molecule has 1 fully saturated rings. The van der Waals surface area contributed by atoms with Crippen molar-refractivity contribution in [1.29, 1.82) is 0 Å². The Morgan fingerprint density at radius 3 is 2.86 bits per heavy atom. The summed E-state index contributed by atoms with van der Waals surface area (Å²) < 4.78 is 5.72. The number of anilines is 1. The minimum Gasteiger partial charge on any atom is -0.379 e. The van der Waals surface area contributed by atoms with E-state index in [1.807, 2.05) is 12.1 Å². The van der Waals surface area contributed by atoms with Crippen LogP contribution in [0.2, 0.25) is 5.02 Å². The third-order valence-corrected chi connectivity index (χ3v) is 4.32. The number of nitrogens with two attached hydrogens (primary N) is 1. The van der Waals surface area contributed by atoms with Crippen LogP contribution < -0.4 is 10.6 Å². The summed E-state index contributed by atoms with van der Waals surface area (Å²) in [7, 11) is 2.09. The van der Waals surface area contributed by atoms with Crippen LogP contribution in [-0.2, 0) is 11.2 Å². The van der Waals surface area contributed by atoms with E-state index in [0.717, 1.165) is 43.5 Å². The molecule has 118 valence electrons. The number of hydrogen-bond donors (Lipinski definition) is 1. The van der Waals surface area contributed by atoms with Crippen molar-refractivity contribution in [2.45, 2.75) is 38.6 Å². The Kier molecular flexibility index (Phi) is 6.34. The van der Waals surface area contributed by atoms with Crippen molar-refractivity contribution in [3.63, 3.8) is 0 Å². The summed E-state index contributed by atoms with van der Waals surface area (Å²) in [6, 6.07) is 6.26. The fourth-order valence-corrected chi connectivity index (χ4v) is 2.51. The van der Waals surface area contributed by atoms with Gasteiger partial charge >= 0.3 is 0 Å². The highest BCUT2D eigenvalue weighted by Crippen LogP contribution is 2.29. The van der Waals surface area contributed by atoms with Crippen LogP contribution in [0, 0.1) is 5.92 Å². The van der Waals surface area contributed by atoms with Crippen molar-refractivity contribution in [2.75, 3.05) is 31.7 Å². The lowest BCUT2D eigenvalue weighted by molar-refractivity contribution is 0.131. The Morgan fingerprint density at radius 2 is 2.19 bits per heavy atom. The van der Waals surface area contributed by atoms with E-state index in [4.69, 9.17) is 22.1 Å². The lowest BCUT2D eigenvalue weighted by Crippen LogP contribution is -2.26. The highest BCUT2D eigenvalue weighted by Gasteiger charge is 2.21. The molecular weight excluding hydrogens is 284 g/mol. The van der Waals surface area contributed by atoms with Crippen molar-refractivity contribution in [1.82, 2.24) is 0 Å². The molecule has 0 bridgehead atoms. The largest absolute Gasteiger partial charge is 0.379 e. The molecule has 2 rings (SSSR count). The van der Waals surface area contributed by atoms with Crippen molar-refractivity contribution < 1.29 is 4.74 Å². The summed E-state index contributed by atoms with van der Waals surface area (Å²) in [5.74, 6) is 0.819. The van der Waals surface area contributed by atoms with Gasteiger partial charge in [-0.1, -0.05) is 24.6 Å². The molecule has 0 heterocycles. The van der Waals surface area contributed by atoms with E-state index >= 15 is 0 Å². The fraction of sp³-hybridized carbons (Fsp3) is 0.647. The molecule has 1 aromatic carbocycles. The van der Waals surface area contributed by atoms with E-state index in [1.165, 1.54) is 24.1 Å². The molecule has 21 heavy (non-hydrogen) atoms. The van der Waals surface area contributed by atoms with Crippen LogP contribution in [0.5, 0.6) is 0 Å². The van der Waals surface area contributed by atoms with E-state index in [1.54, 1.807) is 0 Å². The fourth-order valence-electron chi connectivity index (χ4n) is 2.35. The summed E-state index contributed by atoms with van der Waals surface area (Å²) in [6.07, 6.45) is 4.54. The summed E-state index contributed by atoms with van der Waals surface area (Å²) in [6.45, 7) is 4.67. The van der Waals surface area contributed by atoms with E-state index < -0.39 is 0 Å². The highest BCUT2D eigenvalue weighted by atomic mass is 35.5. The zero-order valence-corrected chi connectivity index (χ0v) is 13.9. The average molecular weight is 311 g/mol. The summed E-state index contributed by atoms with van der Waals surface area (Å²) in [5.41, 5.74) is 8.53. The van der Waals surface area contributed by atoms with Gasteiger partial charge in [0.05, 0.1) is 6.61 Å². The zero-order valence-electron chi connectivity index (χ0n) is 13.1. The predicted molar refractivity (Wildman–Crippen MR) is 90.2 cm³/mol. The topological polar surface area (TPSA) is 38.5 Å². The number of rotatable bonds is 9. The number of likely N-dealkylation sites (N-methyl/N-ethyl adjacent to an activating group) is 1. The van der Waals surface area contributed by atoms with Crippen LogP contribution >= 0.6 is 11.6 Å². The first-order chi connectivity index (χ1) is 10.1. The second kappa shape index (κ2) is 8.02. The molecule has 2 N–H and O–H groups in total. The van der Waals surface area contributed by atoms with Crippen molar-refractivity contribution in [3.05, 3.63) is 28.8 Å². The van der Waals surface area contributed by atoms with E-state index in [0.29, 0.717) is 0 Å². The van der Waals surface area contributed by atoms with Gasteiger partial charge in [0.25, 0.3) is 0 Å². The van der Waals surface area contributed by atoms with Gasteiger partial charge in [-0.3, -0.25) is 0 Å². The minimum absolute atomic E-state index is 0.199. The Balaban J connectivity index is 1.92. The standard InChI is InChI=1S/C17H27ClN2O/c1-3-16(19)10-14-6-7-15(18)11-17(14)20(2)8-9-21-12-13-4-5-13/h6-7,11,13,16H,3-5,8-10,12,19H2,1-2H3. The van der Waals surface area contributed by atoms with Gasteiger partial charge in [0, 0.05) is 37.0 Å². The number of nitrogens with zero attached hydrogens (tertiary/aromatic N) is 1. The van der Waals surface area contributed by atoms with Crippen LogP contribution in [0.4, 0.5) is 5.69 Å². The lowest BCUT2D eigenvalue weighted by Gasteiger charge is -2.24. The molecule has 1 aromatic rings. The zero-order chi connectivity index (χ0) is 15.2. The smallest absolute Gasteiger partial charge is 0.0641 e. The SMILES string of the molecule is CCC(N)Cc1ccc(Cl)cc1N(C)CCOCC1CC1. The molecule has 0 amide bonds. The van der Waals surface area contributed by atoms with Gasteiger partial charge < -0.3 is 15.4 Å². The van der Waals surface area contributed by atoms with Gasteiger partial charge in [-0.05, 0) is 49.3 Å². The summed E-state index contributed by atoms with van der Waals surface area (Å²) in [5, 5.41) is 0.768. The first kappa shape index (κ1) is 16.6. The minimum atomic E-state index is 0.199. The normalized spacial score (nSPS) is 16.0. The molecule has 1 saturated carbocycles. The summed E-state index contributed by atoms with van der Waals surface area (Å²) >= 11 is 6.15. The molecule has 1 aliphatic rings. The Bertz CT molecular complexity index is 448. The first-order valence-corrected chi connectivity index (χ1v) is 8.30. The molecule has 0 saturated heterocycles.